The van der Waals surface area contributed by atoms with E-state index in [0.717, 1.165) is 11.4 Å². The number of hydrogen-bond acceptors (Lipinski definition) is 4. The summed E-state index contributed by atoms with van der Waals surface area (Å²) >= 11 is 0. The molecule has 1 aliphatic rings. The Morgan fingerprint density at radius 1 is 0.955 bits per heavy atom. The summed E-state index contributed by atoms with van der Waals surface area (Å²) in [6, 6.07) is 20.7. The van der Waals surface area contributed by atoms with Crippen LogP contribution in [0.25, 0.3) is 0 Å². The number of rotatable bonds is 4. The Hall–Kier alpha value is -2.21. The van der Waals surface area contributed by atoms with Crippen molar-refractivity contribution in [3.63, 3.8) is 0 Å². The normalized spacial score (nSPS) is 24.4. The van der Waals surface area contributed by atoms with Gasteiger partial charge in [-0.05, 0) is 5.10 Å². The zero-order valence-corrected chi connectivity index (χ0v) is 13.2. The molecule has 1 heterocycles. The molecule has 0 saturated carbocycles. The molecule has 5 nitrogen and oxygen atoms in total. The van der Waals surface area contributed by atoms with Gasteiger partial charge in [0.2, 0.25) is 12.0 Å². The first-order chi connectivity index (χ1) is 10.7. The predicted octanol–water partition coefficient (Wildman–Crippen LogP) is 2.08. The zero-order chi connectivity index (χ0) is 15.6. The molecule has 0 saturated heterocycles. The van der Waals surface area contributed by atoms with Gasteiger partial charge < -0.3 is 0 Å². The highest BCUT2D eigenvalue weighted by atomic mass is 15.9. The highest BCUT2D eigenvalue weighted by Crippen LogP contribution is 2.34. The fraction of sp³-hybridized carbons (Fsp3) is 0.235. The van der Waals surface area contributed by atoms with Gasteiger partial charge in [-0.2, -0.15) is 0 Å². The van der Waals surface area contributed by atoms with Gasteiger partial charge in [-0.25, -0.2) is 10.4 Å². The van der Waals surface area contributed by atoms with Crippen LogP contribution in [-0.4, -0.2) is 36.7 Å². The number of nitrogens with zero attached hydrogens (tertiary/aromatic N) is 3. The van der Waals surface area contributed by atoms with E-state index < -0.39 is 0 Å². The summed E-state index contributed by atoms with van der Waals surface area (Å²) in [5.74, 6) is 0.925. The monoisotopic (exact) mass is 296 g/mol. The van der Waals surface area contributed by atoms with Crippen LogP contribution in [0.3, 0.4) is 0 Å². The second-order valence-corrected chi connectivity index (χ2v) is 5.42. The van der Waals surface area contributed by atoms with Crippen molar-refractivity contribution in [1.29, 1.82) is 0 Å². The lowest BCUT2D eigenvalue weighted by Crippen LogP contribution is -2.54. The average molecular weight is 296 g/mol. The minimum absolute atomic E-state index is 0.0198. The Kier molecular flexibility index (Phi) is 3.94. The zero-order valence-electron chi connectivity index (χ0n) is 13.2. The molecular formula is C17H22N5+. The lowest BCUT2D eigenvalue weighted by atomic mass is 10.1. The molecule has 0 spiro atoms. The van der Waals surface area contributed by atoms with Crippen molar-refractivity contribution < 1.29 is 4.70 Å². The summed E-state index contributed by atoms with van der Waals surface area (Å²) in [6.45, 7) is 0. The molecule has 0 aromatic heterocycles. The smallest absolute Gasteiger partial charge is 0.230 e. The fourth-order valence-corrected chi connectivity index (χ4v) is 2.89. The summed E-state index contributed by atoms with van der Waals surface area (Å²) in [7, 11) is 5.93. The minimum Gasteiger partial charge on any atom is -0.230 e. The molecule has 0 radical (unpaired) electrons. The van der Waals surface area contributed by atoms with E-state index in [0.29, 0.717) is 4.70 Å². The van der Waals surface area contributed by atoms with Gasteiger partial charge in [0.1, 0.15) is 7.05 Å². The Morgan fingerprint density at radius 3 is 2.09 bits per heavy atom. The molecule has 0 bridgehead atoms. The van der Waals surface area contributed by atoms with Gasteiger partial charge >= 0.3 is 0 Å². The van der Waals surface area contributed by atoms with Gasteiger partial charge in [0.05, 0.1) is 0 Å². The van der Waals surface area contributed by atoms with Gasteiger partial charge in [-0.15, -0.1) is 5.43 Å². The van der Waals surface area contributed by atoms with Crippen LogP contribution in [0.1, 0.15) is 17.3 Å². The Morgan fingerprint density at radius 2 is 1.55 bits per heavy atom. The lowest BCUT2D eigenvalue weighted by molar-refractivity contribution is -0.987. The van der Waals surface area contributed by atoms with Gasteiger partial charge in [0.25, 0.3) is 0 Å². The second kappa shape index (κ2) is 5.88. The number of quaternary nitrogens is 1. The van der Waals surface area contributed by atoms with Crippen molar-refractivity contribution in [2.75, 3.05) is 21.1 Å². The quantitative estimate of drug-likeness (QED) is 0.849. The molecule has 5 heteroatoms. The maximum atomic E-state index is 4.93. The largest absolute Gasteiger partial charge is 0.248 e. The molecule has 2 N–H and O–H groups in total. The van der Waals surface area contributed by atoms with Crippen LogP contribution in [0.15, 0.2) is 65.8 Å². The van der Waals surface area contributed by atoms with Crippen LogP contribution in [-0.2, 0) is 0 Å². The first-order valence-corrected chi connectivity index (χ1v) is 7.42. The van der Waals surface area contributed by atoms with Crippen molar-refractivity contribution in [2.45, 2.75) is 6.17 Å². The summed E-state index contributed by atoms with van der Waals surface area (Å²) < 4.78 is 0.356. The molecule has 2 unspecified atom stereocenters. The van der Waals surface area contributed by atoms with Crippen molar-refractivity contribution >= 4 is 5.84 Å². The van der Waals surface area contributed by atoms with E-state index in [2.05, 4.69) is 59.3 Å². The van der Waals surface area contributed by atoms with Crippen LogP contribution in [0, 0.1) is 0 Å². The third-order valence-corrected chi connectivity index (χ3v) is 4.07. The molecule has 0 fully saturated rings. The first-order valence-electron chi connectivity index (χ1n) is 7.42. The maximum Gasteiger partial charge on any atom is 0.248 e. The average Bonchev–Trinajstić information content (AvgIpc) is 2.90. The Labute approximate surface area is 131 Å². The van der Waals surface area contributed by atoms with E-state index in [9.17, 15) is 0 Å². The number of nitrogens with one attached hydrogen (secondary N) is 2. The number of benzene rings is 2. The van der Waals surface area contributed by atoms with Crippen LogP contribution in [0.4, 0.5) is 0 Å². The second-order valence-electron chi connectivity index (χ2n) is 5.42. The van der Waals surface area contributed by atoms with Crippen LogP contribution in [0.2, 0.25) is 0 Å². The predicted molar refractivity (Wildman–Crippen MR) is 88.3 cm³/mol. The van der Waals surface area contributed by atoms with Crippen LogP contribution < -0.4 is 10.9 Å². The number of hydrogen-bond donors (Lipinski definition) is 2. The molecule has 1 aliphatic heterocycles. The van der Waals surface area contributed by atoms with Gasteiger partial charge in [-0.1, -0.05) is 65.4 Å². The molecule has 3 rings (SSSR count). The van der Waals surface area contributed by atoms with E-state index in [1.807, 2.05) is 38.4 Å². The van der Waals surface area contributed by atoms with Crippen molar-refractivity contribution in [3.05, 3.63) is 71.8 Å². The van der Waals surface area contributed by atoms with E-state index in [-0.39, 0.29) is 6.17 Å². The molecule has 2 aromatic carbocycles. The maximum absolute atomic E-state index is 4.93. The first kappa shape index (κ1) is 14.7. The number of amidine groups is 1. The van der Waals surface area contributed by atoms with Crippen molar-refractivity contribution in [3.8, 4) is 0 Å². The third-order valence-electron chi connectivity index (χ3n) is 4.07. The highest BCUT2D eigenvalue weighted by Gasteiger charge is 2.47. The molecule has 0 amide bonds. The van der Waals surface area contributed by atoms with Crippen molar-refractivity contribution in [1.82, 2.24) is 15.9 Å². The van der Waals surface area contributed by atoms with E-state index in [4.69, 9.17) is 5.10 Å². The summed E-state index contributed by atoms with van der Waals surface area (Å²) in [5.41, 5.74) is 8.91. The lowest BCUT2D eigenvalue weighted by Gasteiger charge is -2.33. The van der Waals surface area contributed by atoms with Crippen LogP contribution >= 0.6 is 0 Å². The third kappa shape index (κ3) is 2.39. The SMILES string of the molecule is CNN1C(c2ccccc2)=N[N+](C)(NC)C1c1ccccc1. The van der Waals surface area contributed by atoms with E-state index in [1.165, 1.54) is 5.56 Å². The molecule has 0 aliphatic carbocycles. The molecular weight excluding hydrogens is 274 g/mol. The van der Waals surface area contributed by atoms with Gasteiger partial charge in [0, 0.05) is 25.2 Å². The summed E-state index contributed by atoms with van der Waals surface area (Å²) in [4.78, 5) is 0. The van der Waals surface area contributed by atoms with Crippen molar-refractivity contribution in [2.24, 2.45) is 5.10 Å². The number of hydrazine groups is 1. The molecule has 114 valence electrons. The summed E-state index contributed by atoms with van der Waals surface area (Å²) in [5, 5.41) is 7.04. The van der Waals surface area contributed by atoms with Gasteiger partial charge in [-0.3, -0.25) is 0 Å². The molecule has 2 aromatic rings. The standard InChI is InChI=1S/C17H22N5/c1-18-21-16(14-10-6-4-7-11-14)20-22(3,19-2)17(21)15-12-8-5-9-13-15/h4-13,17-19H,1-3H3/q+1. The highest BCUT2D eigenvalue weighted by molar-refractivity contribution is 5.98. The van der Waals surface area contributed by atoms with E-state index in [1.54, 1.807) is 0 Å². The van der Waals surface area contributed by atoms with E-state index >= 15 is 0 Å². The molecule has 2 atom stereocenters. The summed E-state index contributed by atoms with van der Waals surface area (Å²) in [6.07, 6.45) is 0.0198. The molecule has 22 heavy (non-hydrogen) atoms. The van der Waals surface area contributed by atoms with Gasteiger partial charge in [0.15, 0.2) is 0 Å². The minimum atomic E-state index is 0.0198. The topological polar surface area (TPSA) is 39.7 Å². The van der Waals surface area contributed by atoms with Crippen LogP contribution in [0.5, 0.6) is 0 Å². The Balaban J connectivity index is 2.09. The Bertz CT molecular complexity index is 655. The fourth-order valence-electron chi connectivity index (χ4n) is 2.89.